The van der Waals surface area contributed by atoms with Crippen LogP contribution in [0.5, 0.6) is 0 Å². The van der Waals surface area contributed by atoms with Crippen molar-refractivity contribution >= 4 is 23.4 Å². The molecular formula is C15H22N2OS. The number of para-hydroxylation sites is 1. The number of rotatable bonds is 5. The van der Waals surface area contributed by atoms with Crippen molar-refractivity contribution in [3.05, 3.63) is 29.8 Å². The van der Waals surface area contributed by atoms with Crippen molar-refractivity contribution in [3.8, 4) is 0 Å². The fourth-order valence-corrected chi connectivity index (χ4v) is 3.29. The van der Waals surface area contributed by atoms with Crippen LogP contribution in [0, 0.1) is 0 Å². The van der Waals surface area contributed by atoms with Gasteiger partial charge in [-0.2, -0.15) is 11.8 Å². The molecule has 0 radical (unpaired) electrons. The molecule has 1 aromatic carbocycles. The van der Waals surface area contributed by atoms with Gasteiger partial charge in [0.05, 0.1) is 0 Å². The van der Waals surface area contributed by atoms with E-state index in [0.29, 0.717) is 5.25 Å². The zero-order valence-corrected chi connectivity index (χ0v) is 12.7. The molecule has 3 nitrogen and oxygen atoms in total. The van der Waals surface area contributed by atoms with Crippen molar-refractivity contribution in [2.24, 2.45) is 0 Å². The Balaban J connectivity index is 2.12. The third-order valence-corrected chi connectivity index (χ3v) is 4.51. The fraction of sp³-hybridized carbons (Fsp3) is 0.533. The van der Waals surface area contributed by atoms with Gasteiger partial charge in [0.25, 0.3) is 0 Å². The summed E-state index contributed by atoms with van der Waals surface area (Å²) in [5, 5.41) is 3.42. The number of nitrogens with zero attached hydrogens (tertiary/aromatic N) is 1. The Labute approximate surface area is 119 Å². The molecule has 1 aliphatic heterocycles. The molecule has 0 fully saturated rings. The molecule has 0 aliphatic carbocycles. The summed E-state index contributed by atoms with van der Waals surface area (Å²) in [6.45, 7) is 5.34. The number of carbonyl (C=O) groups is 1. The van der Waals surface area contributed by atoms with Crippen LogP contribution in [-0.4, -0.2) is 36.5 Å². The van der Waals surface area contributed by atoms with Crippen LogP contribution < -0.4 is 10.2 Å². The summed E-state index contributed by atoms with van der Waals surface area (Å²) in [7, 11) is 1.71. The topological polar surface area (TPSA) is 32.3 Å². The van der Waals surface area contributed by atoms with Gasteiger partial charge >= 0.3 is 0 Å². The number of nitrogens with one attached hydrogen (secondary N) is 1. The van der Waals surface area contributed by atoms with Gasteiger partial charge in [0, 0.05) is 31.5 Å². The number of amides is 1. The second kappa shape index (κ2) is 6.33. The number of benzene rings is 1. The van der Waals surface area contributed by atoms with Crippen molar-refractivity contribution < 1.29 is 4.79 Å². The number of hydrogen-bond donors (Lipinski definition) is 1. The summed E-state index contributed by atoms with van der Waals surface area (Å²) in [6, 6.07) is 8.30. The van der Waals surface area contributed by atoms with Crippen molar-refractivity contribution in [2.75, 3.05) is 24.2 Å². The largest absolute Gasteiger partial charge is 0.358 e. The van der Waals surface area contributed by atoms with Gasteiger partial charge in [0.15, 0.2) is 0 Å². The van der Waals surface area contributed by atoms with Gasteiger partial charge in [-0.1, -0.05) is 32.0 Å². The number of fused-ring (bicyclic) bond motifs is 1. The maximum atomic E-state index is 12.0. The average Bonchev–Trinajstić information content (AvgIpc) is 2.77. The smallest absolute Gasteiger partial charge is 0.242 e. The van der Waals surface area contributed by atoms with Crippen LogP contribution >= 0.6 is 11.8 Å². The Bertz CT molecular complexity index is 448. The molecule has 0 saturated carbocycles. The molecule has 1 heterocycles. The van der Waals surface area contributed by atoms with Crippen molar-refractivity contribution in [1.29, 1.82) is 0 Å². The van der Waals surface area contributed by atoms with Crippen LogP contribution in [0.15, 0.2) is 24.3 Å². The van der Waals surface area contributed by atoms with E-state index in [9.17, 15) is 4.79 Å². The van der Waals surface area contributed by atoms with Crippen LogP contribution in [0.25, 0.3) is 0 Å². The Morgan fingerprint density at radius 1 is 1.47 bits per heavy atom. The number of anilines is 1. The first kappa shape index (κ1) is 14.3. The normalized spacial score (nSPS) is 17.7. The van der Waals surface area contributed by atoms with Gasteiger partial charge in [-0.15, -0.1) is 0 Å². The van der Waals surface area contributed by atoms with Crippen LogP contribution in [-0.2, 0) is 11.2 Å². The lowest BCUT2D eigenvalue weighted by Crippen LogP contribution is -2.45. The molecule has 2 rings (SSSR count). The second-order valence-corrected chi connectivity index (χ2v) is 6.76. The molecule has 1 N–H and O–H groups in total. The zero-order valence-electron chi connectivity index (χ0n) is 11.8. The van der Waals surface area contributed by atoms with E-state index in [4.69, 9.17) is 0 Å². The Kier molecular flexibility index (Phi) is 4.75. The molecule has 4 heteroatoms. The molecule has 1 aromatic rings. The van der Waals surface area contributed by atoms with E-state index in [1.54, 1.807) is 7.05 Å². The maximum Gasteiger partial charge on any atom is 0.242 e. The van der Waals surface area contributed by atoms with Crippen LogP contribution in [0.4, 0.5) is 5.69 Å². The summed E-state index contributed by atoms with van der Waals surface area (Å²) in [5.41, 5.74) is 2.51. The highest BCUT2D eigenvalue weighted by Crippen LogP contribution is 2.32. The Morgan fingerprint density at radius 3 is 2.89 bits per heavy atom. The maximum absolute atomic E-state index is 12.0. The Hall–Kier alpha value is -1.16. The summed E-state index contributed by atoms with van der Waals surface area (Å²) in [5.74, 6) is 1.17. The van der Waals surface area contributed by atoms with E-state index < -0.39 is 0 Å². The zero-order chi connectivity index (χ0) is 13.8. The van der Waals surface area contributed by atoms with E-state index in [0.717, 1.165) is 18.7 Å². The SMILES string of the molecule is CNC(=O)[C@@H]1Cc2ccccc2N1CCSC(C)C. The molecule has 0 saturated heterocycles. The van der Waals surface area contributed by atoms with Crippen LogP contribution in [0.1, 0.15) is 19.4 Å². The first-order valence-electron chi connectivity index (χ1n) is 6.81. The first-order valence-corrected chi connectivity index (χ1v) is 7.86. The van der Waals surface area contributed by atoms with E-state index in [1.807, 2.05) is 23.9 Å². The van der Waals surface area contributed by atoms with Crippen molar-refractivity contribution in [1.82, 2.24) is 5.32 Å². The number of thioether (sulfide) groups is 1. The van der Waals surface area contributed by atoms with E-state index >= 15 is 0 Å². The van der Waals surface area contributed by atoms with Gasteiger partial charge in [0.2, 0.25) is 5.91 Å². The lowest BCUT2D eigenvalue weighted by atomic mass is 10.1. The molecule has 19 heavy (non-hydrogen) atoms. The molecule has 1 atom stereocenters. The molecule has 0 unspecified atom stereocenters. The number of carbonyl (C=O) groups excluding carboxylic acids is 1. The third kappa shape index (κ3) is 3.24. The summed E-state index contributed by atoms with van der Waals surface area (Å²) in [6.07, 6.45) is 0.822. The standard InChI is InChI=1S/C15H22N2OS/c1-11(2)19-9-8-17-13-7-5-4-6-12(13)10-14(17)15(18)16-3/h4-7,11,14H,8-10H2,1-3H3,(H,16,18)/t14-/m0/s1. The summed E-state index contributed by atoms with van der Waals surface area (Å²) < 4.78 is 0. The van der Waals surface area contributed by atoms with Crippen LogP contribution in [0.3, 0.4) is 0 Å². The first-order chi connectivity index (χ1) is 9.13. The second-order valence-electron chi connectivity index (χ2n) is 5.08. The minimum absolute atomic E-state index is 0.0461. The summed E-state index contributed by atoms with van der Waals surface area (Å²) in [4.78, 5) is 14.3. The minimum atomic E-state index is -0.0461. The van der Waals surface area contributed by atoms with E-state index in [-0.39, 0.29) is 11.9 Å². The van der Waals surface area contributed by atoms with Crippen molar-refractivity contribution in [2.45, 2.75) is 31.6 Å². The molecule has 1 aliphatic rings. The lowest BCUT2D eigenvalue weighted by molar-refractivity contribution is -0.121. The van der Waals surface area contributed by atoms with Gasteiger partial charge in [0.1, 0.15) is 6.04 Å². The average molecular weight is 278 g/mol. The predicted octanol–water partition coefficient (Wildman–Crippen LogP) is 2.31. The van der Waals surface area contributed by atoms with Gasteiger partial charge < -0.3 is 10.2 Å². The molecule has 0 aromatic heterocycles. The monoisotopic (exact) mass is 278 g/mol. The molecule has 0 spiro atoms. The fourth-order valence-electron chi connectivity index (χ4n) is 2.51. The number of likely N-dealkylation sites (N-methyl/N-ethyl adjacent to an activating group) is 1. The Morgan fingerprint density at radius 2 is 2.21 bits per heavy atom. The highest BCUT2D eigenvalue weighted by Gasteiger charge is 2.33. The molecule has 1 amide bonds. The van der Waals surface area contributed by atoms with E-state index in [1.165, 1.54) is 11.3 Å². The van der Waals surface area contributed by atoms with Gasteiger partial charge in [-0.25, -0.2) is 0 Å². The molecule has 0 bridgehead atoms. The third-order valence-electron chi connectivity index (χ3n) is 3.42. The highest BCUT2D eigenvalue weighted by atomic mass is 32.2. The lowest BCUT2D eigenvalue weighted by Gasteiger charge is -2.26. The van der Waals surface area contributed by atoms with E-state index in [2.05, 4.69) is 36.2 Å². The molecular weight excluding hydrogens is 256 g/mol. The highest BCUT2D eigenvalue weighted by molar-refractivity contribution is 7.99. The molecule has 104 valence electrons. The minimum Gasteiger partial charge on any atom is -0.358 e. The van der Waals surface area contributed by atoms with Gasteiger partial charge in [-0.3, -0.25) is 4.79 Å². The van der Waals surface area contributed by atoms with Gasteiger partial charge in [-0.05, 0) is 16.9 Å². The van der Waals surface area contributed by atoms with Crippen molar-refractivity contribution in [3.63, 3.8) is 0 Å². The van der Waals surface area contributed by atoms with Crippen LogP contribution in [0.2, 0.25) is 0 Å². The summed E-state index contributed by atoms with van der Waals surface area (Å²) >= 11 is 1.94. The quantitative estimate of drug-likeness (QED) is 0.897. The number of hydrogen-bond acceptors (Lipinski definition) is 3. The predicted molar refractivity (Wildman–Crippen MR) is 82.9 cm³/mol.